The van der Waals surface area contributed by atoms with Gasteiger partial charge in [-0.25, -0.2) is 4.39 Å². The zero-order valence-electron chi connectivity index (χ0n) is 16.0. The number of hydrogen-bond acceptors (Lipinski definition) is 6. The third kappa shape index (κ3) is 4.89. The fourth-order valence-electron chi connectivity index (χ4n) is 3.53. The number of carbonyl (C=O) groups is 1. The van der Waals surface area contributed by atoms with Gasteiger partial charge in [-0.3, -0.25) is 9.69 Å². The van der Waals surface area contributed by atoms with Crippen LogP contribution in [0.4, 0.5) is 4.39 Å². The van der Waals surface area contributed by atoms with Crippen LogP contribution >= 0.6 is 0 Å². The summed E-state index contributed by atoms with van der Waals surface area (Å²) < 4.78 is 24.5. The van der Waals surface area contributed by atoms with E-state index < -0.39 is 0 Å². The molecular formula is C21H23FN4O3. The monoisotopic (exact) mass is 398 g/mol. The Balaban J connectivity index is 1.20. The second kappa shape index (κ2) is 9.00. The summed E-state index contributed by atoms with van der Waals surface area (Å²) in [6.45, 7) is 2.56. The summed E-state index contributed by atoms with van der Waals surface area (Å²) in [5, 5.41) is 11.0. The van der Waals surface area contributed by atoms with Crippen LogP contribution < -0.4 is 5.32 Å². The molecular weight excluding hydrogens is 375 g/mol. The number of furan rings is 1. The molecule has 1 aliphatic rings. The first-order valence-corrected chi connectivity index (χ1v) is 9.79. The maximum absolute atomic E-state index is 13.6. The van der Waals surface area contributed by atoms with Crippen LogP contribution in [0.3, 0.4) is 0 Å². The first kappa shape index (κ1) is 19.3. The third-order valence-electron chi connectivity index (χ3n) is 5.17. The lowest BCUT2D eigenvalue weighted by atomic mass is 9.96. The van der Waals surface area contributed by atoms with Crippen LogP contribution in [-0.4, -0.2) is 40.6 Å². The Bertz CT molecular complexity index is 933. The molecule has 3 aromatic rings. The minimum atomic E-state index is -0.230. The highest BCUT2D eigenvalue weighted by atomic mass is 19.1. The summed E-state index contributed by atoms with van der Waals surface area (Å²) in [7, 11) is 0. The summed E-state index contributed by atoms with van der Waals surface area (Å²) in [6.07, 6.45) is 3.59. The number of likely N-dealkylation sites (tertiary alicyclic amines) is 1. The topological polar surface area (TPSA) is 84.4 Å². The number of nitrogens with zero attached hydrogens (tertiary/aromatic N) is 3. The first-order chi connectivity index (χ1) is 14.2. The van der Waals surface area contributed by atoms with E-state index in [0.717, 1.165) is 25.9 Å². The van der Waals surface area contributed by atoms with E-state index in [-0.39, 0.29) is 17.6 Å². The van der Waals surface area contributed by atoms with Gasteiger partial charge in [0.2, 0.25) is 11.8 Å². The molecule has 29 heavy (non-hydrogen) atoms. The van der Waals surface area contributed by atoms with E-state index in [0.29, 0.717) is 42.6 Å². The van der Waals surface area contributed by atoms with Gasteiger partial charge in [0.25, 0.3) is 5.89 Å². The average Bonchev–Trinajstić information content (AvgIpc) is 3.42. The minimum Gasteiger partial charge on any atom is -0.459 e. The fraction of sp³-hybridized carbons (Fsp3) is 0.381. The fourth-order valence-corrected chi connectivity index (χ4v) is 3.53. The number of hydrogen-bond donors (Lipinski definition) is 1. The highest BCUT2D eigenvalue weighted by molar-refractivity contribution is 5.78. The molecule has 4 rings (SSSR count). The Morgan fingerprint density at radius 3 is 2.76 bits per heavy atom. The molecule has 3 heterocycles. The van der Waals surface area contributed by atoms with E-state index in [9.17, 15) is 9.18 Å². The van der Waals surface area contributed by atoms with Gasteiger partial charge in [0, 0.05) is 12.5 Å². The number of carbonyl (C=O) groups excluding carboxylic acids is 1. The lowest BCUT2D eigenvalue weighted by Crippen LogP contribution is -2.40. The van der Waals surface area contributed by atoms with Gasteiger partial charge in [-0.1, -0.05) is 18.2 Å². The van der Waals surface area contributed by atoms with Crippen LogP contribution in [0.15, 0.2) is 51.5 Å². The number of nitrogens with one attached hydrogen (secondary N) is 1. The molecule has 0 radical (unpaired) electrons. The van der Waals surface area contributed by atoms with E-state index >= 15 is 0 Å². The van der Waals surface area contributed by atoms with Gasteiger partial charge in [-0.15, -0.1) is 10.2 Å². The van der Waals surface area contributed by atoms with Gasteiger partial charge < -0.3 is 14.2 Å². The van der Waals surface area contributed by atoms with Gasteiger partial charge in [0.15, 0.2) is 5.76 Å². The number of halogens is 1. The molecule has 8 heteroatoms. The number of rotatable bonds is 7. The van der Waals surface area contributed by atoms with Crippen molar-refractivity contribution < 1.29 is 18.0 Å². The molecule has 1 saturated heterocycles. The van der Waals surface area contributed by atoms with Crippen molar-refractivity contribution in [2.24, 2.45) is 5.92 Å². The Morgan fingerprint density at radius 2 is 2.00 bits per heavy atom. The molecule has 1 N–H and O–H groups in total. The standard InChI is InChI=1S/C21H23FN4O3/c22-17-5-2-1-4-15(17)7-10-23-20(27)16-8-11-26(12-9-16)14-19-24-25-21(29-19)18-6-3-13-28-18/h1-6,13,16H,7-12,14H2,(H,23,27). The van der Waals surface area contributed by atoms with Crippen LogP contribution in [0.2, 0.25) is 0 Å². The average molecular weight is 398 g/mol. The maximum atomic E-state index is 13.6. The summed E-state index contributed by atoms with van der Waals surface area (Å²) in [5.74, 6) is 1.24. The second-order valence-corrected chi connectivity index (χ2v) is 7.16. The Morgan fingerprint density at radius 1 is 1.17 bits per heavy atom. The summed E-state index contributed by atoms with van der Waals surface area (Å²) >= 11 is 0. The van der Waals surface area contributed by atoms with E-state index in [1.807, 2.05) is 0 Å². The predicted molar refractivity (Wildman–Crippen MR) is 103 cm³/mol. The molecule has 1 aliphatic heterocycles. The number of benzene rings is 1. The lowest BCUT2D eigenvalue weighted by Gasteiger charge is -2.30. The van der Waals surface area contributed by atoms with Crippen molar-refractivity contribution in [2.45, 2.75) is 25.8 Å². The van der Waals surface area contributed by atoms with Crippen molar-refractivity contribution in [3.8, 4) is 11.7 Å². The van der Waals surface area contributed by atoms with Gasteiger partial charge in [0.1, 0.15) is 5.82 Å². The molecule has 0 aliphatic carbocycles. The molecule has 0 spiro atoms. The van der Waals surface area contributed by atoms with Crippen molar-refractivity contribution >= 4 is 5.91 Å². The zero-order chi connectivity index (χ0) is 20.1. The Hall–Kier alpha value is -3.00. The number of aromatic nitrogens is 2. The number of amides is 1. The molecule has 7 nitrogen and oxygen atoms in total. The summed E-state index contributed by atoms with van der Waals surface area (Å²) in [5.41, 5.74) is 0.621. The largest absolute Gasteiger partial charge is 0.459 e. The normalized spacial score (nSPS) is 15.5. The molecule has 152 valence electrons. The molecule has 1 fully saturated rings. The van der Waals surface area contributed by atoms with Gasteiger partial charge >= 0.3 is 0 Å². The van der Waals surface area contributed by atoms with Crippen LogP contribution in [0.5, 0.6) is 0 Å². The maximum Gasteiger partial charge on any atom is 0.283 e. The predicted octanol–water partition coefficient (Wildman–Crippen LogP) is 3.04. The van der Waals surface area contributed by atoms with E-state index in [4.69, 9.17) is 8.83 Å². The molecule has 1 aromatic carbocycles. The van der Waals surface area contributed by atoms with Gasteiger partial charge in [-0.2, -0.15) is 0 Å². The molecule has 2 aromatic heterocycles. The van der Waals surface area contributed by atoms with Crippen molar-refractivity contribution in [2.75, 3.05) is 19.6 Å². The SMILES string of the molecule is O=C(NCCc1ccccc1F)C1CCN(Cc2nnc(-c3ccco3)o2)CC1. The molecule has 0 atom stereocenters. The van der Waals surface area contributed by atoms with Gasteiger partial charge in [0.05, 0.1) is 12.8 Å². The van der Waals surface area contributed by atoms with Crippen molar-refractivity contribution in [3.05, 3.63) is 59.9 Å². The van der Waals surface area contributed by atoms with E-state index in [1.54, 1.807) is 36.6 Å². The summed E-state index contributed by atoms with van der Waals surface area (Å²) in [4.78, 5) is 14.6. The van der Waals surface area contributed by atoms with Crippen LogP contribution in [0, 0.1) is 11.7 Å². The third-order valence-corrected chi connectivity index (χ3v) is 5.17. The summed E-state index contributed by atoms with van der Waals surface area (Å²) in [6, 6.07) is 10.2. The van der Waals surface area contributed by atoms with Crippen LogP contribution in [-0.2, 0) is 17.8 Å². The molecule has 0 unspecified atom stereocenters. The zero-order valence-corrected chi connectivity index (χ0v) is 16.0. The lowest BCUT2D eigenvalue weighted by molar-refractivity contribution is -0.126. The highest BCUT2D eigenvalue weighted by Gasteiger charge is 2.26. The number of piperidine rings is 1. The highest BCUT2D eigenvalue weighted by Crippen LogP contribution is 2.21. The van der Waals surface area contributed by atoms with Crippen molar-refractivity contribution in [1.29, 1.82) is 0 Å². The van der Waals surface area contributed by atoms with Gasteiger partial charge in [-0.05, 0) is 56.1 Å². The van der Waals surface area contributed by atoms with E-state index in [2.05, 4.69) is 20.4 Å². The molecule has 0 saturated carbocycles. The molecule has 0 bridgehead atoms. The smallest absolute Gasteiger partial charge is 0.283 e. The van der Waals surface area contributed by atoms with Crippen LogP contribution in [0.1, 0.15) is 24.3 Å². The second-order valence-electron chi connectivity index (χ2n) is 7.16. The molecule has 1 amide bonds. The Kier molecular flexibility index (Phi) is 6.00. The van der Waals surface area contributed by atoms with Crippen molar-refractivity contribution in [3.63, 3.8) is 0 Å². The van der Waals surface area contributed by atoms with Crippen molar-refractivity contribution in [1.82, 2.24) is 20.4 Å². The minimum absolute atomic E-state index is 0.0202. The first-order valence-electron chi connectivity index (χ1n) is 9.79. The Labute approximate surface area is 167 Å². The quantitative estimate of drug-likeness (QED) is 0.659. The van der Waals surface area contributed by atoms with E-state index in [1.165, 1.54) is 6.07 Å². The van der Waals surface area contributed by atoms with Crippen LogP contribution in [0.25, 0.3) is 11.7 Å².